The molecule has 0 heterocycles. The summed E-state index contributed by atoms with van der Waals surface area (Å²) in [6, 6.07) is 0. The summed E-state index contributed by atoms with van der Waals surface area (Å²) in [5.74, 6) is 4.64. The number of hydrogen-bond acceptors (Lipinski definition) is 0. The molecule has 0 rings (SSSR count). The van der Waals surface area contributed by atoms with Gasteiger partial charge in [-0.25, -0.2) is 0 Å². The topological polar surface area (TPSA) is 0 Å². The maximum atomic E-state index is 3.18. The second-order valence-corrected chi connectivity index (χ2v) is 0.354. The number of hydrogen-bond donors (Lipinski definition) is 0. The van der Waals surface area contributed by atoms with Crippen LogP contribution in [0.5, 0.6) is 0 Å². The van der Waals surface area contributed by atoms with Crippen LogP contribution >= 0.6 is 0 Å². The summed E-state index contributed by atoms with van der Waals surface area (Å²) in [4.78, 5) is 0. The van der Waals surface area contributed by atoms with Crippen molar-refractivity contribution in [2.45, 2.75) is 0 Å². The molecule has 0 N–H and O–H groups in total. The standard InChI is InChI=1S/C4H4/c1-3-4-2/h1-2H2/q-2. The molecule has 0 radical (unpaired) electrons. The highest BCUT2D eigenvalue weighted by Crippen LogP contribution is 1.36. The summed E-state index contributed by atoms with van der Waals surface area (Å²) in [6.07, 6.45) is 0. The number of rotatable bonds is 0. The third-order valence-electron chi connectivity index (χ3n) is 0.125. The van der Waals surface area contributed by atoms with E-state index >= 15 is 0 Å². The Morgan fingerprint density at radius 3 is 1.25 bits per heavy atom. The maximum absolute atomic E-state index is 3.18. The lowest BCUT2D eigenvalue weighted by Crippen LogP contribution is -1.30. The van der Waals surface area contributed by atoms with Gasteiger partial charge in [-0.05, 0) is 0 Å². The quantitative estimate of drug-likeness (QED) is 0.280. The Hall–Kier alpha value is -0.700. The molecule has 0 fully saturated rings. The first kappa shape index (κ1) is 3.30. The van der Waals surface area contributed by atoms with E-state index in [4.69, 9.17) is 0 Å². The van der Waals surface area contributed by atoms with Crippen molar-refractivity contribution in [3.05, 3.63) is 13.8 Å². The van der Waals surface area contributed by atoms with Gasteiger partial charge in [0, 0.05) is 0 Å². The lowest BCUT2D eigenvalue weighted by molar-refractivity contribution is 2.28. The highest BCUT2D eigenvalue weighted by atomic mass is 13.3. The largest absolute Gasteiger partial charge is 0.525 e. The molecule has 0 aromatic heterocycles. The van der Waals surface area contributed by atoms with Crippen molar-refractivity contribution in [3.63, 3.8) is 0 Å². The zero-order chi connectivity index (χ0) is 3.41. The molecule has 22 valence electrons. The molecule has 4 heavy (non-hydrogen) atoms. The summed E-state index contributed by atoms with van der Waals surface area (Å²) in [5.41, 5.74) is 0. The van der Waals surface area contributed by atoms with E-state index in [0.29, 0.717) is 0 Å². The van der Waals surface area contributed by atoms with Gasteiger partial charge in [-0.15, -0.1) is 0 Å². The molecule has 0 aliphatic carbocycles. The van der Waals surface area contributed by atoms with Crippen molar-refractivity contribution in [2.75, 3.05) is 0 Å². The lowest BCUT2D eigenvalue weighted by atomic mass is 10.7. The molecule has 0 bridgehead atoms. The van der Waals surface area contributed by atoms with Gasteiger partial charge in [0.1, 0.15) is 0 Å². The minimum atomic E-state index is 2.32. The molecule has 0 saturated carbocycles. The van der Waals surface area contributed by atoms with Crippen molar-refractivity contribution in [2.24, 2.45) is 0 Å². The van der Waals surface area contributed by atoms with Crippen LogP contribution in [-0.4, -0.2) is 0 Å². The molecule has 0 aromatic rings. The Morgan fingerprint density at radius 2 is 1.25 bits per heavy atom. The van der Waals surface area contributed by atoms with Gasteiger partial charge in [0.15, 0.2) is 0 Å². The molecular weight excluding hydrogens is 48.0 g/mol. The Labute approximate surface area is 26.8 Å². The average molecular weight is 52.1 g/mol. The Bertz CT molecular complexity index is 36.8. The Kier molecular flexibility index (Phi) is 1.90. The van der Waals surface area contributed by atoms with E-state index in [9.17, 15) is 0 Å². The first-order chi connectivity index (χ1) is 1.91. The molecular formula is C4H4-2. The minimum absolute atomic E-state index is 2.32. The first-order valence-electron chi connectivity index (χ1n) is 0.957. The highest BCUT2D eigenvalue weighted by Gasteiger charge is 0.892. The predicted octanol–water partition coefficient (Wildman–Crippen LogP) is 0.658. The fourth-order valence-electron chi connectivity index (χ4n) is 0. The molecule has 0 nitrogen and oxygen atoms in total. The van der Waals surface area contributed by atoms with Crippen LogP contribution in [0.1, 0.15) is 0 Å². The molecule has 0 aromatic carbocycles. The molecule has 0 heteroatoms. The fourth-order valence-corrected chi connectivity index (χ4v) is 0. The van der Waals surface area contributed by atoms with Crippen molar-refractivity contribution in [1.82, 2.24) is 0 Å². The Morgan fingerprint density at radius 1 is 1.00 bits per heavy atom. The summed E-state index contributed by atoms with van der Waals surface area (Å²) in [7, 11) is 0. The van der Waals surface area contributed by atoms with Gasteiger partial charge >= 0.3 is 0 Å². The van der Waals surface area contributed by atoms with Crippen molar-refractivity contribution in [3.8, 4) is 11.8 Å². The maximum Gasteiger partial charge on any atom is -0.302 e. The van der Waals surface area contributed by atoms with Crippen molar-refractivity contribution >= 4 is 0 Å². The van der Waals surface area contributed by atoms with Crippen molar-refractivity contribution < 1.29 is 0 Å². The molecule has 0 unspecified atom stereocenters. The second kappa shape index (κ2) is 2.30. The fraction of sp³-hybridized carbons (Fsp3) is 0. The average Bonchev–Trinajstić information content (AvgIpc) is 1.37. The third-order valence-corrected chi connectivity index (χ3v) is 0.125. The van der Waals surface area contributed by atoms with Crippen LogP contribution in [0, 0.1) is 25.7 Å². The minimum Gasteiger partial charge on any atom is -0.525 e. The molecule has 0 aliphatic rings. The lowest BCUT2D eigenvalue weighted by Gasteiger charge is -1.78. The van der Waals surface area contributed by atoms with E-state index in [2.05, 4.69) is 25.7 Å². The van der Waals surface area contributed by atoms with Gasteiger partial charge in [-0.3, -0.25) is 0 Å². The first-order valence-corrected chi connectivity index (χ1v) is 0.957. The molecule has 0 amide bonds. The highest BCUT2D eigenvalue weighted by molar-refractivity contribution is 5.03. The van der Waals surface area contributed by atoms with Crippen LogP contribution in [-0.2, 0) is 0 Å². The van der Waals surface area contributed by atoms with Gasteiger partial charge in [0.25, 0.3) is 0 Å². The smallest absolute Gasteiger partial charge is 0.302 e. The zero-order valence-corrected chi connectivity index (χ0v) is 2.41. The van der Waals surface area contributed by atoms with Gasteiger partial charge in [0.2, 0.25) is 0 Å². The van der Waals surface area contributed by atoms with Crippen LogP contribution in [0.2, 0.25) is 0 Å². The van der Waals surface area contributed by atoms with E-state index in [1.807, 2.05) is 0 Å². The van der Waals surface area contributed by atoms with Crippen LogP contribution in [0.4, 0.5) is 0 Å². The second-order valence-electron chi connectivity index (χ2n) is 0.354. The van der Waals surface area contributed by atoms with E-state index in [0.717, 1.165) is 0 Å². The van der Waals surface area contributed by atoms with Gasteiger partial charge in [-0.2, -0.15) is 0 Å². The SMILES string of the molecule is [CH2-]C#C[CH2-]. The van der Waals surface area contributed by atoms with E-state index < -0.39 is 0 Å². The Balaban J connectivity index is 2.83. The molecule has 0 atom stereocenters. The molecule has 0 spiro atoms. The predicted molar refractivity (Wildman–Crippen MR) is 18.5 cm³/mol. The van der Waals surface area contributed by atoms with E-state index in [-0.39, 0.29) is 0 Å². The van der Waals surface area contributed by atoms with E-state index in [1.165, 1.54) is 0 Å². The van der Waals surface area contributed by atoms with E-state index in [1.54, 1.807) is 0 Å². The van der Waals surface area contributed by atoms with Gasteiger partial charge < -0.3 is 25.7 Å². The zero-order valence-electron chi connectivity index (χ0n) is 2.41. The van der Waals surface area contributed by atoms with Crippen molar-refractivity contribution in [1.29, 1.82) is 0 Å². The summed E-state index contributed by atoms with van der Waals surface area (Å²) >= 11 is 0. The van der Waals surface area contributed by atoms with Gasteiger partial charge in [-0.1, -0.05) is 0 Å². The van der Waals surface area contributed by atoms with Crippen LogP contribution < -0.4 is 0 Å². The van der Waals surface area contributed by atoms with Crippen LogP contribution in [0.3, 0.4) is 0 Å². The summed E-state index contributed by atoms with van der Waals surface area (Å²) in [5, 5.41) is 0. The summed E-state index contributed by atoms with van der Waals surface area (Å²) < 4.78 is 0. The van der Waals surface area contributed by atoms with Crippen LogP contribution in [0.15, 0.2) is 0 Å². The molecule has 0 saturated heterocycles. The van der Waals surface area contributed by atoms with Gasteiger partial charge in [0.05, 0.1) is 0 Å². The monoisotopic (exact) mass is 52.0 g/mol. The summed E-state index contributed by atoms with van der Waals surface area (Å²) in [6.45, 7) is 6.36. The van der Waals surface area contributed by atoms with Crippen LogP contribution in [0.25, 0.3) is 0 Å². The third kappa shape index (κ3) is 1.30. The molecule has 0 aliphatic heterocycles. The normalized spacial score (nSPS) is 3.00.